The van der Waals surface area contributed by atoms with Gasteiger partial charge in [-0.25, -0.2) is 0 Å². The van der Waals surface area contributed by atoms with Crippen molar-refractivity contribution in [3.63, 3.8) is 0 Å². The van der Waals surface area contributed by atoms with Crippen LogP contribution in [0.4, 0.5) is 5.69 Å². The molecule has 3 aromatic rings. The summed E-state index contributed by atoms with van der Waals surface area (Å²) in [4.78, 5) is 11.8. The Bertz CT molecular complexity index is 1040. The molecule has 0 bridgehead atoms. The van der Waals surface area contributed by atoms with Gasteiger partial charge in [0, 0.05) is 17.2 Å². The second-order valence-electron chi connectivity index (χ2n) is 7.40. The van der Waals surface area contributed by atoms with Crippen molar-refractivity contribution in [2.75, 3.05) is 5.32 Å². The lowest BCUT2D eigenvalue weighted by atomic mass is 9.75. The fourth-order valence-electron chi connectivity index (χ4n) is 4.64. The standard InChI is InChI=1S/C24H21NO/c1-15(26)17-12-13-23-22(14-17)19-9-5-11-21(19)24(25-23)20-10-4-7-16-6-2-3-8-18(16)20/h2-10,12-14,19,21,24-25H,11H2,1H3/t19-,21+,24-/m1/s1. The third-order valence-corrected chi connectivity index (χ3v) is 5.93. The molecule has 26 heavy (non-hydrogen) atoms. The number of Topliss-reactive ketones (excluding diaryl/α,β-unsaturated/α-hetero) is 1. The molecular formula is C24H21NO. The van der Waals surface area contributed by atoms with E-state index in [1.165, 1.54) is 21.9 Å². The minimum atomic E-state index is 0.127. The number of ketones is 1. The molecule has 0 unspecified atom stereocenters. The van der Waals surface area contributed by atoms with Gasteiger partial charge in [0.2, 0.25) is 0 Å². The van der Waals surface area contributed by atoms with Crippen molar-refractivity contribution in [3.05, 3.63) is 89.5 Å². The van der Waals surface area contributed by atoms with E-state index in [1.54, 1.807) is 6.92 Å². The van der Waals surface area contributed by atoms with E-state index in [2.05, 4.69) is 72.1 Å². The van der Waals surface area contributed by atoms with Crippen LogP contribution in [0, 0.1) is 5.92 Å². The Morgan fingerprint density at radius 3 is 2.73 bits per heavy atom. The number of fused-ring (bicyclic) bond motifs is 4. The van der Waals surface area contributed by atoms with Crippen LogP contribution in [0.15, 0.2) is 72.8 Å². The molecule has 0 saturated heterocycles. The van der Waals surface area contributed by atoms with E-state index < -0.39 is 0 Å². The summed E-state index contributed by atoms with van der Waals surface area (Å²) in [6, 6.07) is 21.6. The van der Waals surface area contributed by atoms with Crippen molar-refractivity contribution in [3.8, 4) is 0 Å². The van der Waals surface area contributed by atoms with E-state index in [9.17, 15) is 4.79 Å². The molecule has 128 valence electrons. The van der Waals surface area contributed by atoms with Crippen LogP contribution in [0.1, 0.15) is 46.8 Å². The van der Waals surface area contributed by atoms with E-state index in [0.29, 0.717) is 11.8 Å². The van der Waals surface area contributed by atoms with Gasteiger partial charge in [0.05, 0.1) is 6.04 Å². The molecule has 5 rings (SSSR count). The van der Waals surface area contributed by atoms with Crippen molar-refractivity contribution in [2.45, 2.75) is 25.3 Å². The van der Waals surface area contributed by atoms with Gasteiger partial charge in [-0.3, -0.25) is 4.79 Å². The summed E-state index contributed by atoms with van der Waals surface area (Å²) < 4.78 is 0. The number of allylic oxidation sites excluding steroid dienone is 2. The van der Waals surface area contributed by atoms with Gasteiger partial charge >= 0.3 is 0 Å². The highest BCUT2D eigenvalue weighted by atomic mass is 16.1. The van der Waals surface area contributed by atoms with Crippen LogP contribution in [-0.4, -0.2) is 5.78 Å². The lowest BCUT2D eigenvalue weighted by molar-refractivity contribution is 0.101. The molecule has 0 saturated carbocycles. The first-order chi connectivity index (χ1) is 12.7. The van der Waals surface area contributed by atoms with E-state index in [4.69, 9.17) is 0 Å². The molecule has 1 aliphatic carbocycles. The highest BCUT2D eigenvalue weighted by Gasteiger charge is 2.38. The Labute approximate surface area is 153 Å². The van der Waals surface area contributed by atoms with E-state index in [1.807, 2.05) is 6.07 Å². The Kier molecular flexibility index (Phi) is 3.46. The van der Waals surface area contributed by atoms with Crippen LogP contribution < -0.4 is 5.32 Å². The zero-order valence-corrected chi connectivity index (χ0v) is 14.8. The number of carbonyl (C=O) groups is 1. The normalized spacial score (nSPS) is 23.3. The molecular weight excluding hydrogens is 318 g/mol. The van der Waals surface area contributed by atoms with Crippen LogP contribution in [0.5, 0.6) is 0 Å². The summed E-state index contributed by atoms with van der Waals surface area (Å²) in [5.74, 6) is 0.979. The van der Waals surface area contributed by atoms with Crippen molar-refractivity contribution >= 4 is 22.2 Å². The van der Waals surface area contributed by atoms with E-state index >= 15 is 0 Å². The number of hydrogen-bond acceptors (Lipinski definition) is 2. The third kappa shape index (κ3) is 2.29. The van der Waals surface area contributed by atoms with Crippen molar-refractivity contribution in [2.24, 2.45) is 5.92 Å². The first kappa shape index (κ1) is 15.4. The van der Waals surface area contributed by atoms with Crippen LogP contribution in [0.3, 0.4) is 0 Å². The summed E-state index contributed by atoms with van der Waals surface area (Å²) in [7, 11) is 0. The molecule has 3 atom stereocenters. The minimum Gasteiger partial charge on any atom is -0.378 e. The molecule has 1 heterocycles. The maximum absolute atomic E-state index is 11.8. The van der Waals surface area contributed by atoms with Gasteiger partial charge in [-0.1, -0.05) is 54.6 Å². The Hall–Kier alpha value is -2.87. The molecule has 0 spiro atoms. The number of benzene rings is 3. The summed E-state index contributed by atoms with van der Waals surface area (Å²) in [5, 5.41) is 6.40. The van der Waals surface area contributed by atoms with Crippen LogP contribution >= 0.6 is 0 Å². The molecule has 0 fully saturated rings. The maximum Gasteiger partial charge on any atom is 0.159 e. The Morgan fingerprint density at radius 2 is 1.85 bits per heavy atom. The largest absolute Gasteiger partial charge is 0.378 e. The van der Waals surface area contributed by atoms with Crippen LogP contribution in [0.2, 0.25) is 0 Å². The predicted octanol–water partition coefficient (Wildman–Crippen LogP) is 5.87. The second kappa shape index (κ2) is 5.84. The van der Waals surface area contributed by atoms with Gasteiger partial charge in [-0.15, -0.1) is 0 Å². The molecule has 1 N–H and O–H groups in total. The number of hydrogen-bond donors (Lipinski definition) is 1. The monoisotopic (exact) mass is 339 g/mol. The highest BCUT2D eigenvalue weighted by molar-refractivity contribution is 5.95. The molecule has 2 aliphatic rings. The van der Waals surface area contributed by atoms with Gasteiger partial charge in [-0.2, -0.15) is 0 Å². The van der Waals surface area contributed by atoms with Gasteiger partial charge in [0.1, 0.15) is 0 Å². The van der Waals surface area contributed by atoms with E-state index in [0.717, 1.165) is 17.7 Å². The summed E-state index contributed by atoms with van der Waals surface area (Å²) >= 11 is 0. The fraction of sp³-hybridized carbons (Fsp3) is 0.208. The summed E-state index contributed by atoms with van der Waals surface area (Å²) in [6.45, 7) is 1.64. The quantitative estimate of drug-likeness (QED) is 0.467. The van der Waals surface area contributed by atoms with Crippen molar-refractivity contribution < 1.29 is 4.79 Å². The second-order valence-corrected chi connectivity index (χ2v) is 7.40. The summed E-state index contributed by atoms with van der Waals surface area (Å²) in [5.41, 5.74) is 4.57. The zero-order chi connectivity index (χ0) is 17.7. The zero-order valence-electron chi connectivity index (χ0n) is 14.8. The highest BCUT2D eigenvalue weighted by Crippen LogP contribution is 2.50. The first-order valence-corrected chi connectivity index (χ1v) is 9.28. The van der Waals surface area contributed by atoms with E-state index in [-0.39, 0.29) is 11.8 Å². The van der Waals surface area contributed by atoms with Gasteiger partial charge in [-0.05, 0) is 59.4 Å². The minimum absolute atomic E-state index is 0.127. The number of carbonyl (C=O) groups excluding carboxylic acids is 1. The number of nitrogens with one attached hydrogen (secondary N) is 1. The van der Waals surface area contributed by atoms with Crippen molar-refractivity contribution in [1.82, 2.24) is 0 Å². The van der Waals surface area contributed by atoms with Crippen LogP contribution in [0.25, 0.3) is 10.8 Å². The lowest BCUT2D eigenvalue weighted by Crippen LogP contribution is -2.29. The van der Waals surface area contributed by atoms with Gasteiger partial charge in [0.15, 0.2) is 5.78 Å². The number of rotatable bonds is 2. The first-order valence-electron chi connectivity index (χ1n) is 9.28. The lowest BCUT2D eigenvalue weighted by Gasteiger charge is -2.38. The SMILES string of the molecule is CC(=O)c1ccc2c(c1)[C@@H]1C=CC[C@@H]1[C@@H](c1cccc3ccccc13)N2. The molecule has 2 nitrogen and oxygen atoms in total. The molecule has 0 aromatic heterocycles. The molecule has 0 radical (unpaired) electrons. The molecule has 2 heteroatoms. The Morgan fingerprint density at radius 1 is 1.00 bits per heavy atom. The van der Waals surface area contributed by atoms with Crippen molar-refractivity contribution in [1.29, 1.82) is 0 Å². The smallest absolute Gasteiger partial charge is 0.159 e. The summed E-state index contributed by atoms with van der Waals surface area (Å²) in [6.07, 6.45) is 5.69. The third-order valence-electron chi connectivity index (χ3n) is 5.93. The topological polar surface area (TPSA) is 29.1 Å². The average molecular weight is 339 g/mol. The molecule has 3 aromatic carbocycles. The predicted molar refractivity (Wildman–Crippen MR) is 107 cm³/mol. The maximum atomic E-state index is 11.8. The van der Waals surface area contributed by atoms with Gasteiger partial charge in [0.25, 0.3) is 0 Å². The fourth-order valence-corrected chi connectivity index (χ4v) is 4.64. The van der Waals surface area contributed by atoms with Crippen LogP contribution in [-0.2, 0) is 0 Å². The Balaban J connectivity index is 1.65. The molecule has 0 amide bonds. The molecule has 1 aliphatic heterocycles. The van der Waals surface area contributed by atoms with Gasteiger partial charge < -0.3 is 5.32 Å². The number of anilines is 1. The average Bonchev–Trinajstić information content (AvgIpc) is 3.16.